The van der Waals surface area contributed by atoms with Crippen LogP contribution in [0.4, 0.5) is 0 Å². The van der Waals surface area contributed by atoms with Gasteiger partial charge in [0.15, 0.2) is 0 Å². The molecule has 1 heteroatoms. The number of alkyl halides is 1. The molecule has 0 spiro atoms. The zero-order chi connectivity index (χ0) is 6.85. The molecule has 1 aliphatic rings. The van der Waals surface area contributed by atoms with Gasteiger partial charge in [0.05, 0.1) is 0 Å². The number of hydrogen-bond donors (Lipinski definition) is 0. The summed E-state index contributed by atoms with van der Waals surface area (Å²) in [5.74, 6) is 0. The van der Waals surface area contributed by atoms with Gasteiger partial charge in [0.1, 0.15) is 0 Å². The molecule has 0 unspecified atom stereocenters. The summed E-state index contributed by atoms with van der Waals surface area (Å²) in [6, 6.07) is 0. The van der Waals surface area contributed by atoms with Crippen LogP contribution in [0.25, 0.3) is 0 Å². The molecule has 9 heavy (non-hydrogen) atoms. The van der Waals surface area contributed by atoms with E-state index in [1.165, 1.54) is 24.0 Å². The van der Waals surface area contributed by atoms with E-state index in [4.69, 9.17) is 0 Å². The van der Waals surface area contributed by atoms with Crippen LogP contribution in [0, 0.1) is 0 Å². The monoisotopic (exact) mass is 234 g/mol. The van der Waals surface area contributed by atoms with E-state index < -0.39 is 0 Å². The molecule has 0 aromatic heterocycles. The Morgan fingerprint density at radius 3 is 2.78 bits per heavy atom. The average Bonchev–Trinajstić information content (AvgIpc) is 2.14. The van der Waals surface area contributed by atoms with Crippen LogP contribution in [0.5, 0.6) is 0 Å². The second kappa shape index (κ2) is 2.86. The second-order valence-electron chi connectivity index (χ2n) is 2.53. The maximum absolute atomic E-state index is 3.90. The van der Waals surface area contributed by atoms with Crippen LogP contribution in [0.1, 0.15) is 19.8 Å². The molecule has 0 amide bonds. The van der Waals surface area contributed by atoms with Crippen LogP contribution < -0.4 is 0 Å². The van der Waals surface area contributed by atoms with Gasteiger partial charge in [-0.3, -0.25) is 0 Å². The van der Waals surface area contributed by atoms with Gasteiger partial charge < -0.3 is 0 Å². The van der Waals surface area contributed by atoms with E-state index in [9.17, 15) is 0 Å². The van der Waals surface area contributed by atoms with E-state index >= 15 is 0 Å². The third-order valence-electron chi connectivity index (χ3n) is 1.62. The molecule has 0 saturated carbocycles. The van der Waals surface area contributed by atoms with Crippen molar-refractivity contribution in [1.82, 2.24) is 0 Å². The fourth-order valence-electron chi connectivity index (χ4n) is 1.03. The van der Waals surface area contributed by atoms with Gasteiger partial charge in [0.2, 0.25) is 0 Å². The van der Waals surface area contributed by atoms with E-state index in [2.05, 4.69) is 42.2 Å². The van der Waals surface area contributed by atoms with E-state index in [0.717, 1.165) is 3.92 Å². The smallest absolute Gasteiger partial charge is 0.0298 e. The molecular weight excluding hydrogens is 223 g/mol. The highest BCUT2D eigenvalue weighted by Gasteiger charge is 2.11. The van der Waals surface area contributed by atoms with Crippen molar-refractivity contribution in [1.29, 1.82) is 0 Å². The largest absolute Gasteiger partial charge is 0.0958 e. The van der Waals surface area contributed by atoms with E-state index in [-0.39, 0.29) is 0 Å². The van der Waals surface area contributed by atoms with E-state index in [0.29, 0.717) is 0 Å². The lowest BCUT2D eigenvalue weighted by molar-refractivity contribution is 0.941. The van der Waals surface area contributed by atoms with Gasteiger partial charge >= 0.3 is 0 Å². The summed E-state index contributed by atoms with van der Waals surface area (Å²) >= 11 is 2.46. The second-order valence-corrected chi connectivity index (χ2v) is 4.13. The van der Waals surface area contributed by atoms with Crippen molar-refractivity contribution in [2.24, 2.45) is 0 Å². The van der Waals surface area contributed by atoms with Gasteiger partial charge in [-0.25, -0.2) is 0 Å². The summed E-state index contributed by atoms with van der Waals surface area (Å²) in [6.45, 7) is 5.98. The number of rotatable bonds is 1. The predicted molar refractivity (Wildman–Crippen MR) is 49.9 cm³/mol. The van der Waals surface area contributed by atoms with Gasteiger partial charge in [-0.2, -0.15) is 0 Å². The fraction of sp³-hybridized carbons (Fsp3) is 0.500. The quantitative estimate of drug-likeness (QED) is 0.483. The number of allylic oxidation sites excluding steroid dienone is 3. The molecule has 0 radical (unpaired) electrons. The molecule has 0 aromatic carbocycles. The molecule has 0 fully saturated rings. The lowest BCUT2D eigenvalue weighted by atomic mass is 10.1. The number of hydrogen-bond acceptors (Lipinski definition) is 0. The summed E-state index contributed by atoms with van der Waals surface area (Å²) in [7, 11) is 0. The molecule has 50 valence electrons. The van der Waals surface area contributed by atoms with E-state index in [1.807, 2.05) is 0 Å². The van der Waals surface area contributed by atoms with Crippen molar-refractivity contribution in [3.63, 3.8) is 0 Å². The molecule has 0 heterocycles. The van der Waals surface area contributed by atoms with Gasteiger partial charge in [-0.15, -0.1) is 0 Å². The first-order valence-electron chi connectivity index (χ1n) is 3.21. The minimum atomic E-state index is 0.759. The third kappa shape index (κ3) is 1.81. The first-order chi connectivity index (χ1) is 4.20. The van der Waals surface area contributed by atoms with Gasteiger partial charge in [0, 0.05) is 3.92 Å². The highest BCUT2D eigenvalue weighted by Crippen LogP contribution is 2.28. The first kappa shape index (κ1) is 7.32. The zero-order valence-corrected chi connectivity index (χ0v) is 7.81. The van der Waals surface area contributed by atoms with Gasteiger partial charge in [-0.05, 0) is 25.3 Å². The molecule has 1 rings (SSSR count). The minimum absolute atomic E-state index is 0.759. The van der Waals surface area contributed by atoms with Crippen LogP contribution in [-0.4, -0.2) is 3.92 Å². The van der Waals surface area contributed by atoms with Crippen LogP contribution in [0.15, 0.2) is 23.8 Å². The van der Waals surface area contributed by atoms with Crippen molar-refractivity contribution in [3.8, 4) is 0 Å². The Morgan fingerprint density at radius 2 is 2.56 bits per heavy atom. The Balaban J connectivity index is 2.62. The van der Waals surface area contributed by atoms with Crippen molar-refractivity contribution in [3.05, 3.63) is 23.8 Å². The summed E-state index contributed by atoms with van der Waals surface area (Å²) in [5, 5.41) is 0. The Hall–Kier alpha value is 0.210. The summed E-state index contributed by atoms with van der Waals surface area (Å²) in [4.78, 5) is 0. The van der Waals surface area contributed by atoms with Crippen LogP contribution in [-0.2, 0) is 0 Å². The molecule has 1 aliphatic carbocycles. The lowest BCUT2D eigenvalue weighted by Gasteiger charge is -1.94. The summed E-state index contributed by atoms with van der Waals surface area (Å²) < 4.78 is 0.759. The third-order valence-corrected chi connectivity index (χ3v) is 2.60. The Morgan fingerprint density at radius 1 is 1.89 bits per heavy atom. The Kier molecular flexibility index (Phi) is 2.33. The summed E-state index contributed by atoms with van der Waals surface area (Å²) in [6.07, 6.45) is 4.87. The van der Waals surface area contributed by atoms with E-state index in [1.54, 1.807) is 0 Å². The molecule has 0 nitrogen and oxygen atoms in total. The van der Waals surface area contributed by atoms with Crippen molar-refractivity contribution >= 4 is 22.6 Å². The first-order valence-corrected chi connectivity index (χ1v) is 4.45. The topological polar surface area (TPSA) is 0 Å². The summed E-state index contributed by atoms with van der Waals surface area (Å²) in [5.41, 5.74) is 2.71. The highest BCUT2D eigenvalue weighted by molar-refractivity contribution is 14.1. The van der Waals surface area contributed by atoms with Crippen molar-refractivity contribution in [2.45, 2.75) is 23.7 Å². The minimum Gasteiger partial charge on any atom is -0.0958 e. The maximum atomic E-state index is 3.90. The van der Waals surface area contributed by atoms with Crippen LogP contribution in [0.2, 0.25) is 0 Å². The van der Waals surface area contributed by atoms with Gasteiger partial charge in [-0.1, -0.05) is 40.8 Å². The Labute approximate surface area is 70.2 Å². The van der Waals surface area contributed by atoms with Crippen LogP contribution >= 0.6 is 22.6 Å². The molecule has 0 aromatic rings. The molecule has 0 N–H and O–H groups in total. The lowest BCUT2D eigenvalue weighted by Crippen LogP contribution is -1.79. The van der Waals surface area contributed by atoms with Crippen LogP contribution in [0.3, 0.4) is 0 Å². The highest BCUT2D eigenvalue weighted by atomic mass is 127. The standard InChI is InChI=1S/C8H11I/c1-6(2)7-3-4-8(9)5-7/h5,8H,1,3-4H2,2H3/t8-/m0/s1. The molecule has 0 aliphatic heterocycles. The SMILES string of the molecule is C=C(C)C1=C[C@@H](I)CC1. The van der Waals surface area contributed by atoms with Crippen molar-refractivity contribution in [2.75, 3.05) is 0 Å². The Bertz CT molecular complexity index is 156. The van der Waals surface area contributed by atoms with Gasteiger partial charge in [0.25, 0.3) is 0 Å². The number of halogens is 1. The fourth-order valence-corrected chi connectivity index (χ4v) is 1.78. The zero-order valence-electron chi connectivity index (χ0n) is 5.65. The van der Waals surface area contributed by atoms with Crippen molar-refractivity contribution < 1.29 is 0 Å². The average molecular weight is 234 g/mol. The maximum Gasteiger partial charge on any atom is 0.0298 e. The predicted octanol–water partition coefficient (Wildman–Crippen LogP) is 3.09. The molecule has 0 saturated heterocycles. The normalized spacial score (nSPS) is 26.0. The molecule has 0 bridgehead atoms. The molecule has 1 atom stereocenters. The molecular formula is C8H11I.